The molecular weight excluding hydrogens is 274 g/mol. The molecule has 2 N–H and O–H groups in total. The molecular formula is C15H21NO3S. The lowest BCUT2D eigenvalue weighted by atomic mass is 10.1. The van der Waals surface area contributed by atoms with Gasteiger partial charge in [-0.1, -0.05) is 25.1 Å². The van der Waals surface area contributed by atoms with Gasteiger partial charge >= 0.3 is 5.97 Å². The zero-order chi connectivity index (χ0) is 14.8. The summed E-state index contributed by atoms with van der Waals surface area (Å²) in [6.07, 6.45) is 1.39. The monoisotopic (exact) mass is 295 g/mol. The molecule has 110 valence electrons. The van der Waals surface area contributed by atoms with E-state index in [1.807, 2.05) is 25.1 Å². The van der Waals surface area contributed by atoms with E-state index in [4.69, 9.17) is 5.11 Å². The number of carboxylic acid groups (broad SMARTS) is 1. The first-order chi connectivity index (χ1) is 9.58. The third kappa shape index (κ3) is 7.84. The summed E-state index contributed by atoms with van der Waals surface area (Å²) in [5, 5.41) is 11.4. The predicted molar refractivity (Wildman–Crippen MR) is 80.8 cm³/mol. The van der Waals surface area contributed by atoms with Crippen LogP contribution in [0.4, 0.5) is 0 Å². The van der Waals surface area contributed by atoms with Gasteiger partial charge in [0.25, 0.3) is 0 Å². The van der Waals surface area contributed by atoms with Crippen molar-refractivity contribution in [2.24, 2.45) is 5.92 Å². The van der Waals surface area contributed by atoms with Crippen molar-refractivity contribution in [1.29, 1.82) is 0 Å². The average Bonchev–Trinajstić information content (AvgIpc) is 2.42. The number of carbonyl (C=O) groups excluding carboxylic acids is 1. The van der Waals surface area contributed by atoms with Crippen LogP contribution in [0.5, 0.6) is 0 Å². The van der Waals surface area contributed by atoms with Gasteiger partial charge in [-0.2, -0.15) is 0 Å². The van der Waals surface area contributed by atoms with E-state index in [9.17, 15) is 9.59 Å². The molecule has 20 heavy (non-hydrogen) atoms. The summed E-state index contributed by atoms with van der Waals surface area (Å²) in [4.78, 5) is 23.3. The molecule has 0 saturated heterocycles. The first kappa shape index (κ1) is 16.6. The van der Waals surface area contributed by atoms with Gasteiger partial charge in [-0.05, 0) is 30.2 Å². The number of amides is 1. The van der Waals surface area contributed by atoms with Crippen LogP contribution in [0.15, 0.2) is 35.2 Å². The Morgan fingerprint density at radius 1 is 1.30 bits per heavy atom. The summed E-state index contributed by atoms with van der Waals surface area (Å²) in [5.41, 5.74) is 0. The highest BCUT2D eigenvalue weighted by atomic mass is 32.2. The maximum Gasteiger partial charge on any atom is 0.303 e. The van der Waals surface area contributed by atoms with Crippen LogP contribution < -0.4 is 5.32 Å². The number of rotatable bonds is 9. The molecule has 4 nitrogen and oxygen atoms in total. The quantitative estimate of drug-likeness (QED) is 0.543. The van der Waals surface area contributed by atoms with Crippen LogP contribution in [0, 0.1) is 5.92 Å². The van der Waals surface area contributed by atoms with E-state index >= 15 is 0 Å². The third-order valence-corrected chi connectivity index (χ3v) is 3.83. The van der Waals surface area contributed by atoms with Gasteiger partial charge in [0.1, 0.15) is 0 Å². The molecule has 0 radical (unpaired) electrons. The minimum Gasteiger partial charge on any atom is -0.481 e. The summed E-state index contributed by atoms with van der Waals surface area (Å²) in [6.45, 7) is 2.25. The number of hydrogen-bond acceptors (Lipinski definition) is 3. The molecule has 0 bridgehead atoms. The van der Waals surface area contributed by atoms with Crippen LogP contribution in [0.25, 0.3) is 0 Å². The standard InChI is InChI=1S/C15H21NO3S/c1-12(10-15(18)19)11-16-14(17)8-5-9-20-13-6-3-2-4-7-13/h2-4,6-7,12H,5,8-11H2,1H3,(H,16,17)(H,18,19). The minimum atomic E-state index is -0.828. The molecule has 0 aliphatic rings. The highest BCUT2D eigenvalue weighted by molar-refractivity contribution is 7.99. The summed E-state index contributed by atoms with van der Waals surface area (Å²) < 4.78 is 0. The predicted octanol–water partition coefficient (Wildman–Crippen LogP) is 2.79. The lowest BCUT2D eigenvalue weighted by Gasteiger charge is -2.10. The van der Waals surface area contributed by atoms with E-state index in [0.717, 1.165) is 12.2 Å². The van der Waals surface area contributed by atoms with Gasteiger partial charge in [0, 0.05) is 24.3 Å². The van der Waals surface area contributed by atoms with Gasteiger partial charge < -0.3 is 10.4 Å². The summed E-state index contributed by atoms with van der Waals surface area (Å²) in [7, 11) is 0. The Hall–Kier alpha value is -1.49. The van der Waals surface area contributed by atoms with Crippen LogP contribution in [0.1, 0.15) is 26.2 Å². The minimum absolute atomic E-state index is 0.00380. The Morgan fingerprint density at radius 2 is 2.00 bits per heavy atom. The average molecular weight is 295 g/mol. The molecule has 1 aromatic carbocycles. The van der Waals surface area contributed by atoms with E-state index in [-0.39, 0.29) is 18.2 Å². The maximum absolute atomic E-state index is 11.6. The Labute approximate surface area is 124 Å². The lowest BCUT2D eigenvalue weighted by Crippen LogP contribution is -2.29. The van der Waals surface area contributed by atoms with Crippen molar-refractivity contribution in [1.82, 2.24) is 5.32 Å². The van der Waals surface area contributed by atoms with E-state index in [2.05, 4.69) is 17.4 Å². The molecule has 0 aromatic heterocycles. The molecule has 0 aliphatic carbocycles. The van der Waals surface area contributed by atoms with Gasteiger partial charge in [0.05, 0.1) is 0 Å². The highest BCUT2D eigenvalue weighted by Gasteiger charge is 2.09. The largest absolute Gasteiger partial charge is 0.481 e. The van der Waals surface area contributed by atoms with Crippen molar-refractivity contribution in [2.75, 3.05) is 12.3 Å². The van der Waals surface area contributed by atoms with E-state index in [0.29, 0.717) is 13.0 Å². The van der Waals surface area contributed by atoms with Gasteiger partial charge in [-0.15, -0.1) is 11.8 Å². The molecule has 1 unspecified atom stereocenters. The number of thioether (sulfide) groups is 1. The Morgan fingerprint density at radius 3 is 2.65 bits per heavy atom. The van der Waals surface area contributed by atoms with Crippen molar-refractivity contribution in [3.8, 4) is 0 Å². The van der Waals surface area contributed by atoms with E-state index < -0.39 is 5.97 Å². The van der Waals surface area contributed by atoms with E-state index in [1.54, 1.807) is 11.8 Å². The van der Waals surface area contributed by atoms with Crippen molar-refractivity contribution in [3.63, 3.8) is 0 Å². The molecule has 1 atom stereocenters. The zero-order valence-corrected chi connectivity index (χ0v) is 12.5. The summed E-state index contributed by atoms with van der Waals surface area (Å²) in [5.74, 6) is 0.0410. The topological polar surface area (TPSA) is 66.4 Å². The maximum atomic E-state index is 11.6. The smallest absolute Gasteiger partial charge is 0.303 e. The molecule has 1 aromatic rings. The van der Waals surface area contributed by atoms with Gasteiger partial charge in [-0.3, -0.25) is 9.59 Å². The van der Waals surface area contributed by atoms with Crippen molar-refractivity contribution >= 4 is 23.6 Å². The SMILES string of the molecule is CC(CNC(=O)CCCSc1ccccc1)CC(=O)O. The third-order valence-electron chi connectivity index (χ3n) is 2.73. The number of carbonyl (C=O) groups is 2. The molecule has 5 heteroatoms. The Kier molecular flexibility index (Phi) is 7.80. The Balaban J connectivity index is 2.07. The van der Waals surface area contributed by atoms with Crippen molar-refractivity contribution in [2.45, 2.75) is 31.1 Å². The van der Waals surface area contributed by atoms with Crippen molar-refractivity contribution < 1.29 is 14.7 Å². The first-order valence-corrected chi connectivity index (χ1v) is 7.73. The van der Waals surface area contributed by atoms with Crippen molar-refractivity contribution in [3.05, 3.63) is 30.3 Å². The van der Waals surface area contributed by atoms with Crippen LogP contribution in [0.2, 0.25) is 0 Å². The molecule has 0 heterocycles. The Bertz CT molecular complexity index is 422. The number of carboxylic acids is 1. The molecule has 0 spiro atoms. The lowest BCUT2D eigenvalue weighted by molar-refractivity contribution is -0.138. The summed E-state index contributed by atoms with van der Waals surface area (Å²) >= 11 is 1.74. The molecule has 0 saturated carbocycles. The van der Waals surface area contributed by atoms with Crippen LogP contribution >= 0.6 is 11.8 Å². The second-order valence-electron chi connectivity index (χ2n) is 4.77. The molecule has 0 aliphatic heterocycles. The fourth-order valence-electron chi connectivity index (χ4n) is 1.69. The van der Waals surface area contributed by atoms with E-state index in [1.165, 1.54) is 4.90 Å². The normalized spacial score (nSPS) is 11.8. The first-order valence-electron chi connectivity index (χ1n) is 6.74. The fourth-order valence-corrected chi connectivity index (χ4v) is 2.56. The molecule has 0 fully saturated rings. The van der Waals surface area contributed by atoms with Crippen LogP contribution in [-0.4, -0.2) is 29.3 Å². The number of benzene rings is 1. The fraction of sp³-hybridized carbons (Fsp3) is 0.467. The van der Waals surface area contributed by atoms with Crippen LogP contribution in [-0.2, 0) is 9.59 Å². The highest BCUT2D eigenvalue weighted by Crippen LogP contribution is 2.18. The van der Waals surface area contributed by atoms with Crippen LogP contribution in [0.3, 0.4) is 0 Å². The molecule has 1 amide bonds. The van der Waals surface area contributed by atoms with Gasteiger partial charge in [-0.25, -0.2) is 0 Å². The number of aliphatic carboxylic acids is 1. The van der Waals surface area contributed by atoms with Gasteiger partial charge in [0.2, 0.25) is 5.91 Å². The second kappa shape index (κ2) is 9.42. The summed E-state index contributed by atoms with van der Waals surface area (Å²) in [6, 6.07) is 10.1. The molecule has 1 rings (SSSR count). The second-order valence-corrected chi connectivity index (χ2v) is 5.94. The number of nitrogens with one attached hydrogen (secondary N) is 1. The number of hydrogen-bond donors (Lipinski definition) is 2. The zero-order valence-electron chi connectivity index (χ0n) is 11.7. The van der Waals surface area contributed by atoms with Gasteiger partial charge in [0.15, 0.2) is 0 Å².